The molecule has 1 aliphatic heterocycles. The highest BCUT2D eigenvalue weighted by atomic mass is 32.2. The summed E-state index contributed by atoms with van der Waals surface area (Å²) >= 11 is 0. The molecule has 0 radical (unpaired) electrons. The third-order valence-electron chi connectivity index (χ3n) is 3.80. The van der Waals surface area contributed by atoms with Gasteiger partial charge in [0.2, 0.25) is 0 Å². The van der Waals surface area contributed by atoms with E-state index in [4.69, 9.17) is 5.14 Å². The minimum absolute atomic E-state index is 0.0784. The van der Waals surface area contributed by atoms with Gasteiger partial charge in [0.1, 0.15) is 0 Å². The van der Waals surface area contributed by atoms with Crippen LogP contribution in [0.3, 0.4) is 0 Å². The van der Waals surface area contributed by atoms with Crippen LogP contribution in [-0.4, -0.2) is 36.5 Å². The molecule has 0 unspecified atom stereocenters. The van der Waals surface area contributed by atoms with E-state index < -0.39 is 16.3 Å². The minimum atomic E-state index is -3.66. The highest BCUT2D eigenvalue weighted by Crippen LogP contribution is 2.35. The van der Waals surface area contributed by atoms with Gasteiger partial charge in [0.05, 0.1) is 6.10 Å². The van der Waals surface area contributed by atoms with Crippen molar-refractivity contribution in [3.8, 4) is 0 Å². The molecular formula is C10H20N2O3S. The summed E-state index contributed by atoms with van der Waals surface area (Å²) in [5.74, 6) is 0.379. The van der Waals surface area contributed by atoms with Gasteiger partial charge in [-0.2, -0.15) is 12.7 Å². The zero-order valence-corrected chi connectivity index (χ0v) is 10.2. The van der Waals surface area contributed by atoms with Crippen LogP contribution in [0, 0.1) is 5.92 Å². The second kappa shape index (κ2) is 4.60. The van der Waals surface area contributed by atoms with Crippen LogP contribution in [0.5, 0.6) is 0 Å². The molecule has 2 atom stereocenters. The standard InChI is InChI=1S/C10H20N2O3S/c11-16(14,15)12-7-9(13)6-10(12)8-4-2-1-3-5-8/h8-10,13H,1-7H2,(H2,11,14,15)/t9-,10-/m0/s1. The molecule has 0 amide bonds. The van der Waals surface area contributed by atoms with Crippen molar-refractivity contribution in [2.24, 2.45) is 11.1 Å². The fraction of sp³-hybridized carbons (Fsp3) is 1.00. The van der Waals surface area contributed by atoms with Gasteiger partial charge in [0.15, 0.2) is 0 Å². The fourth-order valence-corrected chi connectivity index (χ4v) is 4.07. The van der Waals surface area contributed by atoms with Crippen molar-refractivity contribution in [3.05, 3.63) is 0 Å². The predicted octanol–water partition coefficient (Wildman–Crippen LogP) is 0.205. The highest BCUT2D eigenvalue weighted by molar-refractivity contribution is 7.86. The summed E-state index contributed by atoms with van der Waals surface area (Å²) in [6.07, 6.45) is 5.67. The van der Waals surface area contributed by atoms with Gasteiger partial charge in [-0.1, -0.05) is 19.3 Å². The van der Waals surface area contributed by atoms with Crippen LogP contribution < -0.4 is 5.14 Å². The Morgan fingerprint density at radius 2 is 1.81 bits per heavy atom. The topological polar surface area (TPSA) is 83.6 Å². The third-order valence-corrected chi connectivity index (χ3v) is 4.87. The lowest BCUT2D eigenvalue weighted by atomic mass is 9.83. The van der Waals surface area contributed by atoms with Crippen LogP contribution in [0.25, 0.3) is 0 Å². The third kappa shape index (κ3) is 2.56. The van der Waals surface area contributed by atoms with E-state index in [9.17, 15) is 13.5 Å². The quantitative estimate of drug-likeness (QED) is 0.732. The van der Waals surface area contributed by atoms with Crippen LogP contribution in [0.4, 0.5) is 0 Å². The maximum Gasteiger partial charge on any atom is 0.277 e. The zero-order valence-electron chi connectivity index (χ0n) is 9.38. The predicted molar refractivity (Wildman–Crippen MR) is 60.8 cm³/mol. The summed E-state index contributed by atoms with van der Waals surface area (Å²) in [4.78, 5) is 0. The number of nitrogens with two attached hydrogens (primary N) is 1. The number of nitrogens with zero attached hydrogens (tertiary/aromatic N) is 1. The monoisotopic (exact) mass is 248 g/mol. The van der Waals surface area contributed by atoms with Gasteiger partial charge in [-0.3, -0.25) is 0 Å². The van der Waals surface area contributed by atoms with Gasteiger partial charge >= 0.3 is 0 Å². The van der Waals surface area contributed by atoms with Gasteiger partial charge in [0, 0.05) is 12.6 Å². The first-order valence-corrected chi connectivity index (χ1v) is 7.46. The summed E-state index contributed by atoms with van der Waals surface area (Å²) < 4.78 is 24.1. The number of hydrogen-bond donors (Lipinski definition) is 2. The summed E-state index contributed by atoms with van der Waals surface area (Å²) in [6, 6.07) is -0.0784. The Bertz CT molecular complexity index is 338. The largest absolute Gasteiger partial charge is 0.392 e. The first-order chi connectivity index (χ1) is 7.48. The van der Waals surface area contributed by atoms with Gasteiger partial charge in [-0.05, 0) is 25.2 Å². The smallest absolute Gasteiger partial charge is 0.277 e. The van der Waals surface area contributed by atoms with Crippen molar-refractivity contribution in [2.45, 2.75) is 50.7 Å². The Kier molecular flexibility index (Phi) is 3.53. The molecule has 2 rings (SSSR count). The maximum atomic E-state index is 11.4. The van der Waals surface area contributed by atoms with E-state index in [1.54, 1.807) is 0 Å². The molecule has 1 saturated carbocycles. The fourth-order valence-electron chi connectivity index (χ4n) is 3.05. The molecule has 6 heteroatoms. The number of β-amino-alcohol motifs (C(OH)–C–C–N with tert-alkyl or cyclic N) is 1. The van der Waals surface area contributed by atoms with Crippen molar-refractivity contribution in [1.29, 1.82) is 0 Å². The molecule has 16 heavy (non-hydrogen) atoms. The molecule has 0 spiro atoms. The van der Waals surface area contributed by atoms with Gasteiger partial charge in [-0.25, -0.2) is 5.14 Å². The van der Waals surface area contributed by atoms with Crippen molar-refractivity contribution in [2.75, 3.05) is 6.54 Å². The lowest BCUT2D eigenvalue weighted by molar-refractivity contribution is 0.185. The van der Waals surface area contributed by atoms with E-state index >= 15 is 0 Å². The van der Waals surface area contributed by atoms with Crippen molar-refractivity contribution in [3.63, 3.8) is 0 Å². The Labute approximate surface area is 96.8 Å². The Hall–Kier alpha value is -0.170. The number of aliphatic hydroxyl groups is 1. The maximum absolute atomic E-state index is 11.4. The number of aliphatic hydroxyl groups excluding tert-OH is 1. The van der Waals surface area contributed by atoms with Crippen molar-refractivity contribution in [1.82, 2.24) is 4.31 Å². The zero-order chi connectivity index (χ0) is 11.8. The Balaban J connectivity index is 2.11. The first-order valence-electron chi connectivity index (χ1n) is 5.96. The molecule has 94 valence electrons. The number of hydrogen-bond acceptors (Lipinski definition) is 3. The van der Waals surface area contributed by atoms with E-state index in [2.05, 4.69) is 0 Å². The second-order valence-electron chi connectivity index (χ2n) is 4.97. The molecule has 0 aromatic rings. The molecule has 0 aromatic carbocycles. The molecule has 1 heterocycles. The van der Waals surface area contributed by atoms with Crippen molar-refractivity contribution >= 4 is 10.2 Å². The summed E-state index contributed by atoms with van der Waals surface area (Å²) in [6.45, 7) is 0.167. The van der Waals surface area contributed by atoms with E-state index in [0.29, 0.717) is 12.3 Å². The highest BCUT2D eigenvalue weighted by Gasteiger charge is 2.41. The van der Waals surface area contributed by atoms with Gasteiger partial charge < -0.3 is 5.11 Å². The molecule has 1 saturated heterocycles. The summed E-state index contributed by atoms with van der Waals surface area (Å²) in [5.41, 5.74) is 0. The van der Waals surface area contributed by atoms with E-state index in [-0.39, 0.29) is 12.6 Å². The SMILES string of the molecule is NS(=O)(=O)N1C[C@@H](O)C[C@H]1C1CCCCC1. The Morgan fingerprint density at radius 3 is 2.38 bits per heavy atom. The molecule has 5 nitrogen and oxygen atoms in total. The van der Waals surface area contributed by atoms with Crippen LogP contribution in [0.15, 0.2) is 0 Å². The summed E-state index contributed by atoms with van der Waals surface area (Å²) in [5, 5.41) is 14.8. The molecule has 1 aliphatic carbocycles. The lowest BCUT2D eigenvalue weighted by Crippen LogP contribution is -2.44. The molecular weight excluding hydrogens is 228 g/mol. The van der Waals surface area contributed by atoms with Crippen LogP contribution >= 0.6 is 0 Å². The number of rotatable bonds is 2. The van der Waals surface area contributed by atoms with E-state index in [1.807, 2.05) is 0 Å². The normalized spacial score (nSPS) is 34.4. The average molecular weight is 248 g/mol. The van der Waals surface area contributed by atoms with E-state index in [0.717, 1.165) is 25.7 Å². The second-order valence-corrected chi connectivity index (χ2v) is 6.47. The van der Waals surface area contributed by atoms with Gasteiger partial charge in [0.25, 0.3) is 10.2 Å². The van der Waals surface area contributed by atoms with Gasteiger partial charge in [-0.15, -0.1) is 0 Å². The molecule has 2 aliphatic rings. The molecule has 2 fully saturated rings. The minimum Gasteiger partial charge on any atom is -0.392 e. The Morgan fingerprint density at radius 1 is 1.19 bits per heavy atom. The lowest BCUT2D eigenvalue weighted by Gasteiger charge is -2.32. The average Bonchev–Trinajstić information content (AvgIpc) is 2.61. The van der Waals surface area contributed by atoms with Crippen LogP contribution in [0.1, 0.15) is 38.5 Å². The van der Waals surface area contributed by atoms with Crippen molar-refractivity contribution < 1.29 is 13.5 Å². The molecule has 0 bridgehead atoms. The first kappa shape index (κ1) is 12.3. The molecule has 0 aromatic heterocycles. The van der Waals surface area contributed by atoms with E-state index in [1.165, 1.54) is 10.7 Å². The molecule has 3 N–H and O–H groups in total. The summed E-state index contributed by atoms with van der Waals surface area (Å²) in [7, 11) is -3.66. The van der Waals surface area contributed by atoms with Crippen LogP contribution in [-0.2, 0) is 10.2 Å². The van der Waals surface area contributed by atoms with Crippen LogP contribution in [0.2, 0.25) is 0 Å².